The van der Waals surface area contributed by atoms with E-state index >= 15 is 0 Å². The number of rotatable bonds is 3. The number of carbonyl (C=O) groups is 2. The van der Waals surface area contributed by atoms with Gasteiger partial charge in [-0.1, -0.05) is 12.1 Å². The lowest BCUT2D eigenvalue weighted by Crippen LogP contribution is -2.45. The average Bonchev–Trinajstić information content (AvgIpc) is 2.42. The van der Waals surface area contributed by atoms with Gasteiger partial charge in [-0.3, -0.25) is 0 Å². The fourth-order valence-corrected chi connectivity index (χ4v) is 2.05. The SMILES string of the molecule is CCOC(=O)C1=C(C)C(c2ccc(O)cc2)NC(=O)N1. The highest BCUT2D eigenvalue weighted by Gasteiger charge is 2.29. The number of amides is 2. The Morgan fingerprint density at radius 3 is 2.60 bits per heavy atom. The number of phenolic OH excluding ortho intramolecular Hbond substituents is 1. The number of nitrogens with one attached hydrogen (secondary N) is 2. The minimum atomic E-state index is -0.552. The second-order valence-corrected chi connectivity index (χ2v) is 4.40. The smallest absolute Gasteiger partial charge is 0.354 e. The van der Waals surface area contributed by atoms with E-state index in [2.05, 4.69) is 10.6 Å². The third-order valence-corrected chi connectivity index (χ3v) is 3.05. The molecule has 106 valence electrons. The van der Waals surface area contributed by atoms with E-state index in [0.717, 1.165) is 5.56 Å². The summed E-state index contributed by atoms with van der Waals surface area (Å²) in [4.78, 5) is 23.5. The summed E-state index contributed by atoms with van der Waals surface area (Å²) in [6.45, 7) is 3.69. The highest BCUT2D eigenvalue weighted by molar-refractivity contribution is 5.96. The summed E-state index contributed by atoms with van der Waals surface area (Å²) in [7, 11) is 0. The summed E-state index contributed by atoms with van der Waals surface area (Å²) >= 11 is 0. The maximum atomic E-state index is 11.8. The average molecular weight is 276 g/mol. The van der Waals surface area contributed by atoms with Crippen molar-refractivity contribution in [1.29, 1.82) is 0 Å². The van der Waals surface area contributed by atoms with Crippen molar-refractivity contribution in [3.05, 3.63) is 41.1 Å². The third kappa shape index (κ3) is 2.74. The Labute approximate surface area is 116 Å². The normalized spacial score (nSPS) is 18.3. The molecule has 1 aromatic carbocycles. The van der Waals surface area contributed by atoms with Crippen LogP contribution in [0.15, 0.2) is 35.5 Å². The van der Waals surface area contributed by atoms with Crippen LogP contribution in [-0.2, 0) is 9.53 Å². The largest absolute Gasteiger partial charge is 0.508 e. The molecule has 1 unspecified atom stereocenters. The maximum absolute atomic E-state index is 11.8. The molecule has 0 radical (unpaired) electrons. The molecule has 1 aliphatic heterocycles. The minimum Gasteiger partial charge on any atom is -0.508 e. The van der Waals surface area contributed by atoms with Gasteiger partial charge in [-0.25, -0.2) is 9.59 Å². The first kappa shape index (κ1) is 13.9. The molecule has 20 heavy (non-hydrogen) atoms. The summed E-state index contributed by atoms with van der Waals surface area (Å²) in [5.74, 6) is -0.412. The van der Waals surface area contributed by atoms with Crippen LogP contribution >= 0.6 is 0 Å². The molecule has 0 bridgehead atoms. The van der Waals surface area contributed by atoms with Crippen LogP contribution in [0.2, 0.25) is 0 Å². The lowest BCUT2D eigenvalue weighted by Gasteiger charge is -2.27. The molecule has 0 saturated heterocycles. The Morgan fingerprint density at radius 2 is 2.00 bits per heavy atom. The first-order valence-corrected chi connectivity index (χ1v) is 6.27. The second kappa shape index (κ2) is 5.64. The van der Waals surface area contributed by atoms with Crippen LogP contribution in [0.5, 0.6) is 5.75 Å². The standard InChI is InChI=1S/C14H16N2O4/c1-3-20-13(18)12-8(2)11(15-14(19)16-12)9-4-6-10(17)7-5-9/h4-7,11,17H,3H2,1-2H3,(H2,15,16,19). The fraction of sp³-hybridized carbons (Fsp3) is 0.286. The van der Waals surface area contributed by atoms with Crippen molar-refractivity contribution in [2.75, 3.05) is 6.61 Å². The van der Waals surface area contributed by atoms with E-state index in [1.807, 2.05) is 0 Å². The molecule has 3 N–H and O–H groups in total. The van der Waals surface area contributed by atoms with Gasteiger partial charge in [0.15, 0.2) is 0 Å². The van der Waals surface area contributed by atoms with E-state index in [1.54, 1.807) is 26.0 Å². The summed E-state index contributed by atoms with van der Waals surface area (Å²) < 4.78 is 4.92. The third-order valence-electron chi connectivity index (χ3n) is 3.05. The van der Waals surface area contributed by atoms with Crippen LogP contribution in [-0.4, -0.2) is 23.7 Å². The molecular formula is C14H16N2O4. The van der Waals surface area contributed by atoms with Crippen molar-refractivity contribution in [1.82, 2.24) is 10.6 Å². The molecule has 6 heteroatoms. The van der Waals surface area contributed by atoms with Crippen molar-refractivity contribution >= 4 is 12.0 Å². The molecule has 1 atom stereocenters. The summed E-state index contributed by atoms with van der Waals surface area (Å²) in [5.41, 5.74) is 1.60. The minimum absolute atomic E-state index is 0.140. The van der Waals surface area contributed by atoms with Crippen LogP contribution in [0.4, 0.5) is 4.79 Å². The van der Waals surface area contributed by atoms with Crippen molar-refractivity contribution in [2.45, 2.75) is 19.9 Å². The van der Waals surface area contributed by atoms with Gasteiger partial charge < -0.3 is 20.5 Å². The van der Waals surface area contributed by atoms with Gasteiger partial charge in [0.25, 0.3) is 0 Å². The Morgan fingerprint density at radius 1 is 1.35 bits per heavy atom. The zero-order valence-corrected chi connectivity index (χ0v) is 11.3. The van der Waals surface area contributed by atoms with Crippen LogP contribution in [0.3, 0.4) is 0 Å². The van der Waals surface area contributed by atoms with Crippen LogP contribution in [0, 0.1) is 0 Å². The van der Waals surface area contributed by atoms with Crippen molar-refractivity contribution in [3.8, 4) is 5.75 Å². The van der Waals surface area contributed by atoms with Gasteiger partial charge >= 0.3 is 12.0 Å². The lowest BCUT2D eigenvalue weighted by atomic mass is 9.96. The van der Waals surface area contributed by atoms with Gasteiger partial charge in [-0.05, 0) is 37.1 Å². The van der Waals surface area contributed by atoms with E-state index in [9.17, 15) is 14.7 Å². The number of hydrogen-bond donors (Lipinski definition) is 3. The number of carbonyl (C=O) groups excluding carboxylic acids is 2. The van der Waals surface area contributed by atoms with Crippen LogP contribution in [0.1, 0.15) is 25.5 Å². The van der Waals surface area contributed by atoms with Crippen LogP contribution in [0.25, 0.3) is 0 Å². The van der Waals surface area contributed by atoms with E-state index in [1.165, 1.54) is 12.1 Å². The molecule has 0 aliphatic carbocycles. The number of ether oxygens (including phenoxy) is 1. The number of benzene rings is 1. The molecule has 1 aromatic rings. The molecule has 6 nitrogen and oxygen atoms in total. The van der Waals surface area contributed by atoms with Crippen molar-refractivity contribution in [2.24, 2.45) is 0 Å². The Balaban J connectivity index is 2.37. The van der Waals surface area contributed by atoms with Gasteiger partial charge in [0.2, 0.25) is 0 Å². The highest BCUT2D eigenvalue weighted by Crippen LogP contribution is 2.27. The molecular weight excluding hydrogens is 260 g/mol. The number of esters is 1. The molecule has 2 amide bonds. The van der Waals surface area contributed by atoms with Crippen molar-refractivity contribution in [3.63, 3.8) is 0 Å². The molecule has 0 saturated carbocycles. The van der Waals surface area contributed by atoms with Gasteiger partial charge in [-0.15, -0.1) is 0 Å². The topological polar surface area (TPSA) is 87.7 Å². The number of phenols is 1. The summed E-state index contributed by atoms with van der Waals surface area (Å²) in [6.07, 6.45) is 0. The fourth-order valence-electron chi connectivity index (χ4n) is 2.05. The van der Waals surface area contributed by atoms with Gasteiger partial charge in [0, 0.05) is 0 Å². The van der Waals surface area contributed by atoms with Gasteiger partial charge in [0.05, 0.1) is 12.6 Å². The molecule has 0 aromatic heterocycles. The molecule has 1 aliphatic rings. The summed E-state index contributed by atoms with van der Waals surface area (Å²) in [5, 5.41) is 14.5. The predicted octanol–water partition coefficient (Wildman–Crippen LogP) is 1.58. The van der Waals surface area contributed by atoms with Gasteiger partial charge in [-0.2, -0.15) is 0 Å². The van der Waals surface area contributed by atoms with Crippen molar-refractivity contribution < 1.29 is 19.4 Å². The maximum Gasteiger partial charge on any atom is 0.354 e. The van der Waals surface area contributed by atoms with E-state index in [0.29, 0.717) is 5.57 Å². The summed E-state index contributed by atoms with van der Waals surface area (Å²) in [6, 6.07) is 5.55. The number of hydrogen-bond acceptors (Lipinski definition) is 4. The van der Waals surface area contributed by atoms with E-state index < -0.39 is 18.0 Å². The number of urea groups is 1. The first-order chi connectivity index (χ1) is 9.52. The number of aromatic hydroxyl groups is 1. The zero-order valence-electron chi connectivity index (χ0n) is 11.3. The zero-order chi connectivity index (χ0) is 14.7. The molecule has 0 fully saturated rings. The van der Waals surface area contributed by atoms with E-state index in [-0.39, 0.29) is 18.1 Å². The first-order valence-electron chi connectivity index (χ1n) is 6.27. The monoisotopic (exact) mass is 276 g/mol. The van der Waals surface area contributed by atoms with E-state index in [4.69, 9.17) is 4.74 Å². The second-order valence-electron chi connectivity index (χ2n) is 4.40. The van der Waals surface area contributed by atoms with Crippen LogP contribution < -0.4 is 10.6 Å². The molecule has 1 heterocycles. The quantitative estimate of drug-likeness (QED) is 0.731. The Bertz CT molecular complexity index is 563. The lowest BCUT2D eigenvalue weighted by molar-refractivity contribution is -0.139. The molecule has 2 rings (SSSR count). The molecule has 0 spiro atoms. The Kier molecular flexibility index (Phi) is 3.93. The van der Waals surface area contributed by atoms with Gasteiger partial charge in [0.1, 0.15) is 11.4 Å². The Hall–Kier alpha value is -2.50. The highest BCUT2D eigenvalue weighted by atomic mass is 16.5. The predicted molar refractivity (Wildman–Crippen MR) is 71.8 cm³/mol.